The minimum Gasteiger partial charge on any atom is -0.341 e. The third kappa shape index (κ3) is 3.85. The number of carbonyl (C=O) groups is 1. The Labute approximate surface area is 144 Å². The third-order valence-electron chi connectivity index (χ3n) is 4.78. The molecular formula is C21H26N2O. The van der Waals surface area contributed by atoms with Crippen LogP contribution in [0.15, 0.2) is 48.5 Å². The Hall–Kier alpha value is -2.13. The molecule has 1 amide bonds. The minimum absolute atomic E-state index is 0.0391. The van der Waals surface area contributed by atoms with Crippen LogP contribution >= 0.6 is 0 Å². The number of aryl methyl sites for hydroxylation is 1. The van der Waals surface area contributed by atoms with Gasteiger partial charge in [0.1, 0.15) is 0 Å². The van der Waals surface area contributed by atoms with Crippen LogP contribution in [-0.4, -0.2) is 37.0 Å². The van der Waals surface area contributed by atoms with Gasteiger partial charge in [0.05, 0.1) is 5.92 Å². The van der Waals surface area contributed by atoms with E-state index in [-0.39, 0.29) is 11.8 Å². The Kier molecular flexibility index (Phi) is 5.31. The molecule has 1 atom stereocenters. The van der Waals surface area contributed by atoms with Crippen molar-refractivity contribution in [3.63, 3.8) is 0 Å². The van der Waals surface area contributed by atoms with Crippen molar-refractivity contribution in [3.05, 3.63) is 59.7 Å². The largest absolute Gasteiger partial charge is 0.341 e. The number of amides is 1. The van der Waals surface area contributed by atoms with Crippen LogP contribution in [0.25, 0.3) is 11.1 Å². The van der Waals surface area contributed by atoms with Crippen LogP contribution in [0.4, 0.5) is 0 Å². The molecule has 3 nitrogen and oxygen atoms in total. The first-order valence-electron chi connectivity index (χ1n) is 8.83. The highest BCUT2D eigenvalue weighted by Gasteiger charge is 2.25. The van der Waals surface area contributed by atoms with E-state index >= 15 is 0 Å². The van der Waals surface area contributed by atoms with Gasteiger partial charge in [-0.1, -0.05) is 54.1 Å². The highest BCUT2D eigenvalue weighted by molar-refractivity contribution is 5.79. The van der Waals surface area contributed by atoms with E-state index < -0.39 is 0 Å². The topological polar surface area (TPSA) is 32.3 Å². The Morgan fingerprint density at radius 1 is 1.12 bits per heavy atom. The molecule has 2 aromatic carbocycles. The van der Waals surface area contributed by atoms with Crippen LogP contribution in [0.2, 0.25) is 0 Å². The molecule has 1 saturated heterocycles. The van der Waals surface area contributed by atoms with E-state index in [1.165, 1.54) is 22.3 Å². The van der Waals surface area contributed by atoms with Gasteiger partial charge in [0.2, 0.25) is 5.91 Å². The predicted molar refractivity (Wildman–Crippen MR) is 98.9 cm³/mol. The molecule has 1 aliphatic rings. The maximum Gasteiger partial charge on any atom is 0.227 e. The molecule has 1 N–H and O–H groups in total. The number of nitrogens with zero attached hydrogens (tertiary/aromatic N) is 1. The van der Waals surface area contributed by atoms with Crippen molar-refractivity contribution < 1.29 is 4.79 Å². The number of likely N-dealkylation sites (N-methyl/N-ethyl adjacent to an activating group) is 1. The van der Waals surface area contributed by atoms with Gasteiger partial charge in [-0.15, -0.1) is 0 Å². The van der Waals surface area contributed by atoms with Crippen molar-refractivity contribution in [2.45, 2.75) is 20.3 Å². The van der Waals surface area contributed by atoms with Crippen LogP contribution in [0.5, 0.6) is 0 Å². The Balaban J connectivity index is 1.72. The normalized spacial score (nSPS) is 18.5. The van der Waals surface area contributed by atoms with Gasteiger partial charge in [-0.3, -0.25) is 4.79 Å². The number of benzene rings is 2. The van der Waals surface area contributed by atoms with Crippen LogP contribution in [0.3, 0.4) is 0 Å². The second-order valence-corrected chi connectivity index (χ2v) is 6.59. The molecule has 0 radical (unpaired) electrons. The first kappa shape index (κ1) is 16.7. The quantitative estimate of drug-likeness (QED) is 0.937. The maximum atomic E-state index is 12.6. The van der Waals surface area contributed by atoms with Gasteiger partial charge in [-0.2, -0.15) is 0 Å². The highest BCUT2D eigenvalue weighted by atomic mass is 16.2. The molecule has 1 fully saturated rings. The summed E-state index contributed by atoms with van der Waals surface area (Å²) in [5, 5.41) is 3.39. The molecule has 1 unspecified atom stereocenters. The van der Waals surface area contributed by atoms with Crippen LogP contribution < -0.4 is 5.32 Å². The number of nitrogens with one attached hydrogen (secondary N) is 1. The summed E-state index contributed by atoms with van der Waals surface area (Å²) in [5.41, 5.74) is 4.96. The summed E-state index contributed by atoms with van der Waals surface area (Å²) < 4.78 is 0. The molecule has 126 valence electrons. The summed E-state index contributed by atoms with van der Waals surface area (Å²) in [7, 11) is 0. The van der Waals surface area contributed by atoms with E-state index in [1.807, 2.05) is 4.90 Å². The lowest BCUT2D eigenvalue weighted by Gasteiger charge is -2.22. The average molecular weight is 322 g/mol. The van der Waals surface area contributed by atoms with Crippen LogP contribution in [0.1, 0.15) is 18.1 Å². The number of hydrogen-bond donors (Lipinski definition) is 1. The van der Waals surface area contributed by atoms with Crippen molar-refractivity contribution in [3.8, 4) is 11.1 Å². The lowest BCUT2D eigenvalue weighted by Crippen LogP contribution is -2.37. The summed E-state index contributed by atoms with van der Waals surface area (Å²) in [4.78, 5) is 14.6. The molecule has 0 bridgehead atoms. The molecule has 1 heterocycles. The van der Waals surface area contributed by atoms with Gasteiger partial charge >= 0.3 is 0 Å². The molecular weight excluding hydrogens is 296 g/mol. The fourth-order valence-electron chi connectivity index (χ4n) is 3.36. The zero-order chi connectivity index (χ0) is 16.9. The Morgan fingerprint density at radius 3 is 2.62 bits per heavy atom. The second-order valence-electron chi connectivity index (χ2n) is 6.59. The van der Waals surface area contributed by atoms with Gasteiger partial charge < -0.3 is 10.2 Å². The van der Waals surface area contributed by atoms with Gasteiger partial charge in [-0.25, -0.2) is 0 Å². The number of hydrogen-bond acceptors (Lipinski definition) is 2. The average Bonchev–Trinajstić information content (AvgIpc) is 2.77. The van der Waals surface area contributed by atoms with Crippen molar-refractivity contribution in [2.75, 3.05) is 26.2 Å². The van der Waals surface area contributed by atoms with Crippen molar-refractivity contribution in [2.24, 2.45) is 5.92 Å². The summed E-state index contributed by atoms with van der Waals surface area (Å²) in [6.45, 7) is 7.44. The molecule has 0 saturated carbocycles. The SMILES string of the molecule is CCN1CCNCC(Cc2ccc(-c3cccc(C)c3)cc2)C1=O. The smallest absolute Gasteiger partial charge is 0.227 e. The number of carbonyl (C=O) groups excluding carboxylic acids is 1. The zero-order valence-electron chi connectivity index (χ0n) is 14.6. The third-order valence-corrected chi connectivity index (χ3v) is 4.78. The van der Waals surface area contributed by atoms with Crippen molar-refractivity contribution in [1.82, 2.24) is 10.2 Å². The monoisotopic (exact) mass is 322 g/mol. The summed E-state index contributed by atoms with van der Waals surface area (Å²) in [6.07, 6.45) is 0.802. The fourth-order valence-corrected chi connectivity index (χ4v) is 3.36. The van der Waals surface area contributed by atoms with E-state index in [4.69, 9.17) is 0 Å². The van der Waals surface area contributed by atoms with Crippen LogP contribution in [0, 0.1) is 12.8 Å². The molecule has 0 aliphatic carbocycles. The van der Waals surface area contributed by atoms with E-state index in [9.17, 15) is 4.79 Å². The minimum atomic E-state index is 0.0391. The molecule has 1 aliphatic heterocycles. The standard InChI is InChI=1S/C21H26N2O/c1-3-23-12-11-22-15-20(21(23)24)14-17-7-9-18(10-8-17)19-6-4-5-16(2)13-19/h4-10,13,20,22H,3,11-12,14-15H2,1-2H3. The van der Waals surface area contributed by atoms with Crippen molar-refractivity contribution in [1.29, 1.82) is 0 Å². The second kappa shape index (κ2) is 7.63. The molecule has 0 aromatic heterocycles. The lowest BCUT2D eigenvalue weighted by atomic mass is 9.95. The van der Waals surface area contributed by atoms with E-state index in [0.717, 1.165) is 32.6 Å². The Morgan fingerprint density at radius 2 is 1.92 bits per heavy atom. The Bertz CT molecular complexity index is 693. The maximum absolute atomic E-state index is 12.6. The number of rotatable bonds is 4. The van der Waals surface area contributed by atoms with Crippen molar-refractivity contribution >= 4 is 5.91 Å². The lowest BCUT2D eigenvalue weighted by molar-refractivity contribution is -0.134. The van der Waals surface area contributed by atoms with Crippen LogP contribution in [-0.2, 0) is 11.2 Å². The molecule has 3 rings (SSSR count). The first-order valence-corrected chi connectivity index (χ1v) is 8.83. The highest BCUT2D eigenvalue weighted by Crippen LogP contribution is 2.22. The van der Waals surface area contributed by atoms with Gasteiger partial charge in [0.15, 0.2) is 0 Å². The molecule has 24 heavy (non-hydrogen) atoms. The molecule has 0 spiro atoms. The van der Waals surface area contributed by atoms with E-state index in [2.05, 4.69) is 67.7 Å². The van der Waals surface area contributed by atoms with E-state index in [1.54, 1.807) is 0 Å². The first-order chi connectivity index (χ1) is 11.7. The van der Waals surface area contributed by atoms with Gasteiger partial charge in [0, 0.05) is 26.2 Å². The van der Waals surface area contributed by atoms with E-state index in [0.29, 0.717) is 0 Å². The fraction of sp³-hybridized carbons (Fsp3) is 0.381. The summed E-state index contributed by atoms with van der Waals surface area (Å²) in [5.74, 6) is 0.322. The summed E-state index contributed by atoms with van der Waals surface area (Å²) >= 11 is 0. The molecule has 3 heteroatoms. The van der Waals surface area contributed by atoms with Gasteiger partial charge in [-0.05, 0) is 37.0 Å². The predicted octanol–water partition coefficient (Wildman–Crippen LogP) is 3.27. The van der Waals surface area contributed by atoms with Gasteiger partial charge in [0.25, 0.3) is 0 Å². The summed E-state index contributed by atoms with van der Waals surface area (Å²) in [6, 6.07) is 17.2. The molecule has 2 aromatic rings. The zero-order valence-corrected chi connectivity index (χ0v) is 14.6.